The number of rotatable bonds is 3. The molecule has 1 aromatic rings. The average Bonchev–Trinajstić information content (AvgIpc) is 2.95. The molecule has 1 aliphatic carbocycles. The number of hydrogen-bond donors (Lipinski definition) is 1. The maximum absolute atomic E-state index is 12.3. The van der Waals surface area contributed by atoms with Gasteiger partial charge in [-0.1, -0.05) is 12.8 Å². The summed E-state index contributed by atoms with van der Waals surface area (Å²) in [6, 6.07) is 0.250. The second kappa shape index (κ2) is 4.80. The predicted octanol–water partition coefficient (Wildman–Crippen LogP) is 0.534. The van der Waals surface area contributed by atoms with Crippen LogP contribution in [0.2, 0.25) is 0 Å². The van der Waals surface area contributed by atoms with E-state index in [-0.39, 0.29) is 23.2 Å². The molecule has 2 rings (SSSR count). The monoisotopic (exact) mass is 250 g/mol. The van der Waals surface area contributed by atoms with Crippen molar-refractivity contribution in [3.8, 4) is 0 Å². The number of carbonyl (C=O) groups is 2. The van der Waals surface area contributed by atoms with E-state index in [1.54, 1.807) is 19.0 Å². The molecule has 18 heavy (non-hydrogen) atoms. The summed E-state index contributed by atoms with van der Waals surface area (Å²) in [5, 5.41) is 4.05. The SMILES string of the molecule is CN(C(=O)c1nn(C)cc1C(N)=O)C1CCCC1. The Bertz CT molecular complexity index is 474. The van der Waals surface area contributed by atoms with Gasteiger partial charge in [0.15, 0.2) is 5.69 Å². The molecule has 0 atom stereocenters. The first kappa shape index (κ1) is 12.6. The molecule has 0 aromatic carbocycles. The van der Waals surface area contributed by atoms with E-state index in [0.717, 1.165) is 25.7 Å². The van der Waals surface area contributed by atoms with Crippen LogP contribution >= 0.6 is 0 Å². The van der Waals surface area contributed by atoms with Gasteiger partial charge in [0.25, 0.3) is 11.8 Å². The number of primary amides is 1. The molecule has 1 saturated carbocycles. The number of amides is 2. The minimum absolute atomic E-state index is 0.152. The summed E-state index contributed by atoms with van der Waals surface area (Å²) in [5.74, 6) is -0.845. The molecule has 6 nitrogen and oxygen atoms in total. The maximum atomic E-state index is 12.3. The molecule has 0 bridgehead atoms. The van der Waals surface area contributed by atoms with Crippen molar-refractivity contribution in [2.45, 2.75) is 31.7 Å². The highest BCUT2D eigenvalue weighted by Crippen LogP contribution is 2.23. The normalized spacial score (nSPS) is 15.9. The zero-order valence-electron chi connectivity index (χ0n) is 10.7. The molecular formula is C12H18N4O2. The Morgan fingerprint density at radius 1 is 1.44 bits per heavy atom. The number of aromatic nitrogens is 2. The first-order valence-electron chi connectivity index (χ1n) is 6.11. The van der Waals surface area contributed by atoms with Crippen molar-refractivity contribution in [3.05, 3.63) is 17.5 Å². The first-order valence-corrected chi connectivity index (χ1v) is 6.11. The van der Waals surface area contributed by atoms with Crippen molar-refractivity contribution < 1.29 is 9.59 Å². The number of nitrogens with two attached hydrogens (primary N) is 1. The highest BCUT2D eigenvalue weighted by Gasteiger charge is 2.28. The van der Waals surface area contributed by atoms with Gasteiger partial charge in [-0.05, 0) is 12.8 Å². The molecular weight excluding hydrogens is 232 g/mol. The minimum Gasteiger partial charge on any atom is -0.365 e. The van der Waals surface area contributed by atoms with Crippen molar-refractivity contribution >= 4 is 11.8 Å². The number of aryl methyl sites for hydroxylation is 1. The van der Waals surface area contributed by atoms with Gasteiger partial charge in [-0.2, -0.15) is 5.10 Å². The Kier molecular flexibility index (Phi) is 3.36. The van der Waals surface area contributed by atoms with Crippen LogP contribution in [-0.2, 0) is 7.05 Å². The standard InChI is InChI=1S/C12H18N4O2/c1-15-7-9(11(13)17)10(14-15)12(18)16(2)8-5-3-4-6-8/h7-8H,3-6H2,1-2H3,(H2,13,17). The van der Waals surface area contributed by atoms with Crippen LogP contribution in [0.25, 0.3) is 0 Å². The van der Waals surface area contributed by atoms with Crippen LogP contribution in [0.5, 0.6) is 0 Å². The Balaban J connectivity index is 2.24. The van der Waals surface area contributed by atoms with Crippen molar-refractivity contribution in [1.29, 1.82) is 0 Å². The lowest BCUT2D eigenvalue weighted by atomic mass is 10.1. The Labute approximate surface area is 106 Å². The fraction of sp³-hybridized carbons (Fsp3) is 0.583. The molecule has 1 aromatic heterocycles. The summed E-state index contributed by atoms with van der Waals surface area (Å²) in [5.41, 5.74) is 5.60. The average molecular weight is 250 g/mol. The molecule has 1 heterocycles. The smallest absolute Gasteiger partial charge is 0.275 e. The third-order valence-corrected chi connectivity index (χ3v) is 3.49. The van der Waals surface area contributed by atoms with Gasteiger partial charge >= 0.3 is 0 Å². The van der Waals surface area contributed by atoms with E-state index in [2.05, 4.69) is 5.10 Å². The molecule has 1 aliphatic rings. The second-order valence-electron chi connectivity index (χ2n) is 4.78. The van der Waals surface area contributed by atoms with Crippen molar-refractivity contribution in [1.82, 2.24) is 14.7 Å². The lowest BCUT2D eigenvalue weighted by molar-refractivity contribution is 0.0724. The van der Waals surface area contributed by atoms with E-state index in [9.17, 15) is 9.59 Å². The van der Waals surface area contributed by atoms with Gasteiger partial charge in [0, 0.05) is 26.3 Å². The van der Waals surface area contributed by atoms with E-state index >= 15 is 0 Å². The first-order chi connectivity index (χ1) is 8.50. The lowest BCUT2D eigenvalue weighted by Gasteiger charge is -2.23. The van der Waals surface area contributed by atoms with E-state index in [1.165, 1.54) is 10.9 Å². The van der Waals surface area contributed by atoms with Crippen molar-refractivity contribution in [2.24, 2.45) is 12.8 Å². The lowest BCUT2D eigenvalue weighted by Crippen LogP contribution is -2.36. The molecule has 2 amide bonds. The molecule has 0 spiro atoms. The topological polar surface area (TPSA) is 81.2 Å². The molecule has 1 fully saturated rings. The van der Waals surface area contributed by atoms with Crippen LogP contribution in [0.1, 0.15) is 46.5 Å². The Hall–Kier alpha value is -1.85. The summed E-state index contributed by atoms with van der Waals surface area (Å²) < 4.78 is 1.44. The molecule has 0 aliphatic heterocycles. The van der Waals surface area contributed by atoms with Crippen LogP contribution in [0, 0.1) is 0 Å². The van der Waals surface area contributed by atoms with E-state index < -0.39 is 5.91 Å². The summed E-state index contributed by atoms with van der Waals surface area (Å²) in [6.45, 7) is 0. The van der Waals surface area contributed by atoms with Crippen LogP contribution in [0.4, 0.5) is 0 Å². The number of nitrogens with zero attached hydrogens (tertiary/aromatic N) is 3. The summed E-state index contributed by atoms with van der Waals surface area (Å²) >= 11 is 0. The minimum atomic E-state index is -0.619. The number of hydrogen-bond acceptors (Lipinski definition) is 3. The maximum Gasteiger partial charge on any atom is 0.275 e. The molecule has 2 N–H and O–H groups in total. The molecule has 0 unspecified atom stereocenters. The van der Waals surface area contributed by atoms with Gasteiger partial charge in [-0.25, -0.2) is 0 Å². The molecule has 6 heteroatoms. The zero-order valence-corrected chi connectivity index (χ0v) is 10.7. The van der Waals surface area contributed by atoms with Gasteiger partial charge in [-0.3, -0.25) is 14.3 Å². The van der Waals surface area contributed by atoms with Crippen molar-refractivity contribution in [2.75, 3.05) is 7.05 Å². The van der Waals surface area contributed by atoms with Gasteiger partial charge in [0.1, 0.15) is 0 Å². The third kappa shape index (κ3) is 2.23. The second-order valence-corrected chi connectivity index (χ2v) is 4.78. The van der Waals surface area contributed by atoms with Crippen LogP contribution < -0.4 is 5.73 Å². The third-order valence-electron chi connectivity index (χ3n) is 3.49. The molecule has 98 valence electrons. The van der Waals surface area contributed by atoms with Gasteiger partial charge in [0.05, 0.1) is 5.56 Å². The molecule has 0 radical (unpaired) electrons. The number of carbonyl (C=O) groups excluding carboxylic acids is 2. The van der Waals surface area contributed by atoms with Crippen molar-refractivity contribution in [3.63, 3.8) is 0 Å². The van der Waals surface area contributed by atoms with E-state index in [0.29, 0.717) is 0 Å². The van der Waals surface area contributed by atoms with Gasteiger partial charge < -0.3 is 10.6 Å². The Morgan fingerprint density at radius 2 is 2.06 bits per heavy atom. The van der Waals surface area contributed by atoms with Gasteiger partial charge in [0.2, 0.25) is 0 Å². The summed E-state index contributed by atoms with van der Waals surface area (Å²) in [4.78, 5) is 25.3. The molecule has 0 saturated heterocycles. The quantitative estimate of drug-likeness (QED) is 0.849. The van der Waals surface area contributed by atoms with E-state index in [1.807, 2.05) is 0 Å². The highest BCUT2D eigenvalue weighted by molar-refractivity contribution is 6.05. The predicted molar refractivity (Wildman–Crippen MR) is 66.1 cm³/mol. The summed E-state index contributed by atoms with van der Waals surface area (Å²) in [7, 11) is 3.43. The van der Waals surface area contributed by atoms with Crippen LogP contribution in [0.15, 0.2) is 6.20 Å². The fourth-order valence-electron chi connectivity index (χ4n) is 2.45. The largest absolute Gasteiger partial charge is 0.365 e. The van der Waals surface area contributed by atoms with Gasteiger partial charge in [-0.15, -0.1) is 0 Å². The Morgan fingerprint density at radius 3 is 2.61 bits per heavy atom. The highest BCUT2D eigenvalue weighted by atomic mass is 16.2. The zero-order chi connectivity index (χ0) is 13.3. The summed E-state index contributed by atoms with van der Waals surface area (Å²) in [6.07, 6.45) is 5.81. The van der Waals surface area contributed by atoms with E-state index in [4.69, 9.17) is 5.73 Å². The van der Waals surface area contributed by atoms with Crippen LogP contribution in [-0.4, -0.2) is 39.6 Å². The fourth-order valence-corrected chi connectivity index (χ4v) is 2.45. The van der Waals surface area contributed by atoms with Crippen LogP contribution in [0.3, 0.4) is 0 Å².